The van der Waals surface area contributed by atoms with Crippen LogP contribution in [0.15, 0.2) is 12.5 Å². The van der Waals surface area contributed by atoms with Crippen molar-refractivity contribution in [3.05, 3.63) is 18.2 Å². The second-order valence-electron chi connectivity index (χ2n) is 3.59. The van der Waals surface area contributed by atoms with Crippen molar-refractivity contribution in [1.29, 1.82) is 0 Å². The fourth-order valence-electron chi connectivity index (χ4n) is 1.01. The van der Waals surface area contributed by atoms with Crippen LogP contribution in [-0.4, -0.2) is 27.9 Å². The molecule has 1 aromatic rings. The minimum atomic E-state index is -0.534. The third kappa shape index (κ3) is 1.78. The van der Waals surface area contributed by atoms with Crippen LogP contribution in [0.2, 0.25) is 0 Å². The van der Waals surface area contributed by atoms with Crippen molar-refractivity contribution < 1.29 is 4.79 Å². The minimum absolute atomic E-state index is 0.0509. The molecule has 0 atom stereocenters. The minimum Gasteiger partial charge on any atom is -0.331 e. The van der Waals surface area contributed by atoms with E-state index in [1.165, 1.54) is 0 Å². The lowest BCUT2D eigenvalue weighted by Gasteiger charge is -2.21. The quantitative estimate of drug-likeness (QED) is 0.695. The van der Waals surface area contributed by atoms with Crippen molar-refractivity contribution >= 4 is 5.78 Å². The molecule has 0 unspecified atom stereocenters. The third-order valence-corrected chi connectivity index (χ3v) is 2.24. The van der Waals surface area contributed by atoms with E-state index in [1.54, 1.807) is 24.1 Å². The summed E-state index contributed by atoms with van der Waals surface area (Å²) in [6.07, 6.45) is 3.21. The van der Waals surface area contributed by atoms with E-state index in [1.807, 2.05) is 20.9 Å². The SMILES string of the molecule is CNC(C)(C)C(=O)c1cncn1C. The van der Waals surface area contributed by atoms with E-state index in [2.05, 4.69) is 10.3 Å². The summed E-state index contributed by atoms with van der Waals surface area (Å²) in [6, 6.07) is 0. The first kappa shape index (κ1) is 9.92. The van der Waals surface area contributed by atoms with Gasteiger partial charge in [-0.05, 0) is 20.9 Å². The summed E-state index contributed by atoms with van der Waals surface area (Å²) in [4.78, 5) is 15.8. The number of carbonyl (C=O) groups is 1. The highest BCUT2D eigenvalue weighted by Crippen LogP contribution is 2.10. The largest absolute Gasteiger partial charge is 0.331 e. The highest BCUT2D eigenvalue weighted by Gasteiger charge is 2.28. The zero-order valence-electron chi connectivity index (χ0n) is 8.46. The van der Waals surface area contributed by atoms with Crippen LogP contribution in [-0.2, 0) is 7.05 Å². The molecular formula is C9H15N3O. The molecule has 72 valence electrons. The number of ketones is 1. The molecule has 13 heavy (non-hydrogen) atoms. The Morgan fingerprint density at radius 2 is 2.23 bits per heavy atom. The molecule has 0 aliphatic carbocycles. The van der Waals surface area contributed by atoms with Gasteiger partial charge in [0.05, 0.1) is 18.1 Å². The second kappa shape index (κ2) is 3.30. The van der Waals surface area contributed by atoms with Crippen LogP contribution in [0.5, 0.6) is 0 Å². The molecule has 0 fully saturated rings. The summed E-state index contributed by atoms with van der Waals surface area (Å²) in [5.74, 6) is 0.0509. The average molecular weight is 181 g/mol. The molecule has 4 nitrogen and oxygen atoms in total. The zero-order valence-corrected chi connectivity index (χ0v) is 8.46. The number of likely N-dealkylation sites (N-methyl/N-ethyl adjacent to an activating group) is 1. The summed E-state index contributed by atoms with van der Waals surface area (Å²) in [5, 5.41) is 2.97. The number of aromatic nitrogens is 2. The fourth-order valence-corrected chi connectivity index (χ4v) is 1.01. The number of hydrogen-bond acceptors (Lipinski definition) is 3. The molecule has 0 radical (unpaired) electrons. The Bertz CT molecular complexity index is 314. The van der Waals surface area contributed by atoms with Crippen LogP contribution in [0, 0.1) is 0 Å². The van der Waals surface area contributed by atoms with Crippen molar-refractivity contribution in [2.45, 2.75) is 19.4 Å². The predicted octanol–water partition coefficient (Wildman–Crippen LogP) is 0.601. The first-order chi connectivity index (χ1) is 5.99. The lowest BCUT2D eigenvalue weighted by molar-refractivity contribution is 0.0881. The van der Waals surface area contributed by atoms with Gasteiger partial charge in [-0.1, -0.05) is 0 Å². The smallest absolute Gasteiger partial charge is 0.200 e. The van der Waals surface area contributed by atoms with E-state index in [9.17, 15) is 4.79 Å². The number of imidazole rings is 1. The maximum absolute atomic E-state index is 11.9. The van der Waals surface area contributed by atoms with Gasteiger partial charge in [0, 0.05) is 7.05 Å². The lowest BCUT2D eigenvalue weighted by Crippen LogP contribution is -2.45. The molecule has 0 amide bonds. The maximum atomic E-state index is 11.9. The third-order valence-electron chi connectivity index (χ3n) is 2.24. The van der Waals surface area contributed by atoms with Crippen LogP contribution in [0.3, 0.4) is 0 Å². The summed E-state index contributed by atoms with van der Waals surface area (Å²) < 4.78 is 1.72. The standard InChI is InChI=1S/C9H15N3O/c1-9(2,10-3)8(13)7-5-11-6-12(7)4/h5-6,10H,1-4H3. The van der Waals surface area contributed by atoms with Crippen molar-refractivity contribution in [3.63, 3.8) is 0 Å². The van der Waals surface area contributed by atoms with Crippen LogP contribution in [0.25, 0.3) is 0 Å². The Kier molecular flexibility index (Phi) is 2.52. The van der Waals surface area contributed by atoms with Crippen molar-refractivity contribution in [2.24, 2.45) is 7.05 Å². The summed E-state index contributed by atoms with van der Waals surface area (Å²) in [6.45, 7) is 3.70. The number of hydrogen-bond donors (Lipinski definition) is 1. The monoisotopic (exact) mass is 181 g/mol. The normalized spacial score (nSPS) is 11.7. The highest BCUT2D eigenvalue weighted by atomic mass is 16.1. The van der Waals surface area contributed by atoms with Crippen LogP contribution < -0.4 is 5.32 Å². The van der Waals surface area contributed by atoms with Gasteiger partial charge in [0.2, 0.25) is 0 Å². The Morgan fingerprint density at radius 3 is 2.62 bits per heavy atom. The molecule has 0 aliphatic rings. The van der Waals surface area contributed by atoms with Crippen LogP contribution >= 0.6 is 0 Å². The van der Waals surface area contributed by atoms with E-state index in [0.717, 1.165) is 0 Å². The van der Waals surface area contributed by atoms with Crippen LogP contribution in [0.4, 0.5) is 0 Å². The highest BCUT2D eigenvalue weighted by molar-refractivity contribution is 6.01. The molecule has 1 aromatic heterocycles. The lowest BCUT2D eigenvalue weighted by atomic mass is 9.97. The molecule has 0 saturated heterocycles. The number of carbonyl (C=O) groups excluding carboxylic acids is 1. The number of aryl methyl sites for hydroxylation is 1. The Labute approximate surface area is 78.0 Å². The Hall–Kier alpha value is -1.16. The molecule has 0 spiro atoms. The Morgan fingerprint density at radius 1 is 1.62 bits per heavy atom. The van der Waals surface area contributed by atoms with E-state index in [0.29, 0.717) is 5.69 Å². The van der Waals surface area contributed by atoms with Gasteiger partial charge in [-0.25, -0.2) is 4.98 Å². The van der Waals surface area contributed by atoms with Gasteiger partial charge in [-0.2, -0.15) is 0 Å². The van der Waals surface area contributed by atoms with Gasteiger partial charge in [-0.3, -0.25) is 4.79 Å². The zero-order chi connectivity index (χ0) is 10.1. The molecule has 0 aromatic carbocycles. The molecule has 0 aliphatic heterocycles. The molecular weight excluding hydrogens is 166 g/mol. The number of nitrogens with one attached hydrogen (secondary N) is 1. The first-order valence-electron chi connectivity index (χ1n) is 4.19. The van der Waals surface area contributed by atoms with E-state index < -0.39 is 5.54 Å². The average Bonchev–Trinajstić information content (AvgIpc) is 2.50. The molecule has 4 heteroatoms. The van der Waals surface area contributed by atoms with E-state index >= 15 is 0 Å². The summed E-state index contributed by atoms with van der Waals surface area (Å²) in [7, 11) is 3.58. The number of rotatable bonds is 3. The summed E-state index contributed by atoms with van der Waals surface area (Å²) >= 11 is 0. The maximum Gasteiger partial charge on any atom is 0.200 e. The molecule has 1 heterocycles. The van der Waals surface area contributed by atoms with Crippen molar-refractivity contribution in [1.82, 2.24) is 14.9 Å². The Balaban J connectivity index is 2.98. The number of nitrogens with zero attached hydrogens (tertiary/aromatic N) is 2. The second-order valence-corrected chi connectivity index (χ2v) is 3.59. The van der Waals surface area contributed by atoms with Gasteiger partial charge in [0.25, 0.3) is 0 Å². The first-order valence-corrected chi connectivity index (χ1v) is 4.19. The van der Waals surface area contributed by atoms with Gasteiger partial charge in [0.15, 0.2) is 5.78 Å². The van der Waals surface area contributed by atoms with Gasteiger partial charge in [0.1, 0.15) is 5.69 Å². The molecule has 0 bridgehead atoms. The van der Waals surface area contributed by atoms with Crippen molar-refractivity contribution in [2.75, 3.05) is 7.05 Å². The van der Waals surface area contributed by atoms with Crippen molar-refractivity contribution in [3.8, 4) is 0 Å². The van der Waals surface area contributed by atoms with E-state index in [-0.39, 0.29) is 5.78 Å². The van der Waals surface area contributed by atoms with Crippen LogP contribution in [0.1, 0.15) is 24.3 Å². The van der Waals surface area contributed by atoms with Gasteiger partial charge >= 0.3 is 0 Å². The molecule has 0 saturated carbocycles. The van der Waals surface area contributed by atoms with E-state index in [4.69, 9.17) is 0 Å². The molecule has 1 rings (SSSR count). The van der Waals surface area contributed by atoms with Gasteiger partial charge < -0.3 is 9.88 Å². The summed E-state index contributed by atoms with van der Waals surface area (Å²) in [5.41, 5.74) is 0.0905. The fraction of sp³-hybridized carbons (Fsp3) is 0.556. The number of Topliss-reactive ketones (excluding diaryl/α,β-unsaturated/α-hetero) is 1. The van der Waals surface area contributed by atoms with Gasteiger partial charge in [-0.15, -0.1) is 0 Å². The topological polar surface area (TPSA) is 46.9 Å². The molecule has 1 N–H and O–H groups in total. The predicted molar refractivity (Wildman–Crippen MR) is 50.7 cm³/mol.